The van der Waals surface area contributed by atoms with Crippen LogP contribution >= 0.6 is 28.3 Å². The number of carbonyl (C=O) groups is 1. The molecule has 0 fully saturated rings. The first-order chi connectivity index (χ1) is 8.51. The van der Waals surface area contributed by atoms with Crippen molar-refractivity contribution in [1.29, 1.82) is 0 Å². The van der Waals surface area contributed by atoms with Gasteiger partial charge >= 0.3 is 5.97 Å². The van der Waals surface area contributed by atoms with E-state index < -0.39 is 18.2 Å². The van der Waals surface area contributed by atoms with Crippen LogP contribution in [0.2, 0.25) is 0 Å². The van der Waals surface area contributed by atoms with E-state index >= 15 is 0 Å². The van der Waals surface area contributed by atoms with E-state index in [-0.39, 0.29) is 19.0 Å². The molecule has 1 aromatic carbocycles. The average molecular weight is 357 g/mol. The van der Waals surface area contributed by atoms with E-state index in [0.29, 0.717) is 11.3 Å². The van der Waals surface area contributed by atoms with Crippen LogP contribution in [0, 0.1) is 0 Å². The summed E-state index contributed by atoms with van der Waals surface area (Å²) in [4.78, 5) is 11.3. The SMILES string of the molecule is CCOC(=O)C(F)[C@H](N)c1cc(Br)ccc1OC.Cl. The van der Waals surface area contributed by atoms with Crippen molar-refractivity contribution in [2.75, 3.05) is 13.7 Å². The Labute approximate surface area is 126 Å². The molecule has 0 aliphatic heterocycles. The van der Waals surface area contributed by atoms with Crippen LogP contribution in [-0.2, 0) is 9.53 Å². The normalized spacial score (nSPS) is 13.1. The summed E-state index contributed by atoms with van der Waals surface area (Å²) in [5.41, 5.74) is 6.15. The van der Waals surface area contributed by atoms with Gasteiger partial charge in [-0.1, -0.05) is 15.9 Å². The third kappa shape index (κ3) is 4.63. The van der Waals surface area contributed by atoms with Gasteiger partial charge in [-0.2, -0.15) is 0 Å². The third-order valence-electron chi connectivity index (χ3n) is 2.38. The Morgan fingerprint density at radius 3 is 2.68 bits per heavy atom. The number of halogens is 3. The highest BCUT2D eigenvalue weighted by atomic mass is 79.9. The lowest BCUT2D eigenvalue weighted by Crippen LogP contribution is -2.31. The number of methoxy groups -OCH3 is 1. The van der Waals surface area contributed by atoms with Crippen LogP contribution in [0.3, 0.4) is 0 Å². The second-order valence-corrected chi connectivity index (χ2v) is 4.48. The number of ether oxygens (including phenoxy) is 2. The molecule has 0 heterocycles. The zero-order valence-electron chi connectivity index (χ0n) is 10.6. The monoisotopic (exact) mass is 355 g/mol. The minimum Gasteiger partial charge on any atom is -0.496 e. The fourth-order valence-corrected chi connectivity index (χ4v) is 1.87. The fourth-order valence-electron chi connectivity index (χ4n) is 1.49. The first kappa shape index (κ1) is 18.1. The van der Waals surface area contributed by atoms with Crippen molar-refractivity contribution in [3.63, 3.8) is 0 Å². The van der Waals surface area contributed by atoms with Crippen LogP contribution in [0.5, 0.6) is 5.75 Å². The lowest BCUT2D eigenvalue weighted by atomic mass is 10.0. The van der Waals surface area contributed by atoms with E-state index in [9.17, 15) is 9.18 Å². The summed E-state index contributed by atoms with van der Waals surface area (Å²) < 4.78 is 24.3. The van der Waals surface area contributed by atoms with E-state index in [1.165, 1.54) is 7.11 Å². The lowest BCUT2D eigenvalue weighted by Gasteiger charge is -2.18. The highest BCUT2D eigenvalue weighted by Crippen LogP contribution is 2.30. The predicted molar refractivity (Wildman–Crippen MR) is 76.4 cm³/mol. The van der Waals surface area contributed by atoms with Crippen LogP contribution in [0.4, 0.5) is 4.39 Å². The maximum Gasteiger partial charge on any atom is 0.342 e. The van der Waals surface area contributed by atoms with E-state index in [2.05, 4.69) is 20.7 Å². The van der Waals surface area contributed by atoms with Crippen molar-refractivity contribution in [2.45, 2.75) is 19.1 Å². The first-order valence-corrected chi connectivity index (χ1v) is 6.20. The van der Waals surface area contributed by atoms with E-state index in [0.717, 1.165) is 4.47 Å². The molecular formula is C12H16BrClFNO3. The number of hydrogen-bond donors (Lipinski definition) is 1. The molecule has 1 unspecified atom stereocenters. The molecular weight excluding hydrogens is 340 g/mol. The van der Waals surface area contributed by atoms with Gasteiger partial charge in [0.15, 0.2) is 0 Å². The molecule has 2 N–H and O–H groups in total. The number of rotatable bonds is 5. The van der Waals surface area contributed by atoms with Crippen molar-refractivity contribution in [1.82, 2.24) is 0 Å². The van der Waals surface area contributed by atoms with Gasteiger partial charge in [-0.15, -0.1) is 12.4 Å². The molecule has 0 aliphatic rings. The summed E-state index contributed by atoms with van der Waals surface area (Å²) in [6.07, 6.45) is -1.92. The minimum absolute atomic E-state index is 0. The molecule has 1 rings (SSSR count). The predicted octanol–water partition coefficient (Wildman–Crippen LogP) is 2.78. The van der Waals surface area contributed by atoms with Gasteiger partial charge in [0.1, 0.15) is 5.75 Å². The second kappa shape index (κ2) is 8.35. The molecule has 1 aromatic rings. The molecule has 108 valence electrons. The largest absolute Gasteiger partial charge is 0.496 e. The summed E-state index contributed by atoms with van der Waals surface area (Å²) in [5.74, 6) is -0.537. The first-order valence-electron chi connectivity index (χ1n) is 5.41. The van der Waals surface area contributed by atoms with E-state index in [1.54, 1.807) is 25.1 Å². The molecule has 0 radical (unpaired) electrons. The molecule has 0 aromatic heterocycles. The third-order valence-corrected chi connectivity index (χ3v) is 2.87. The smallest absolute Gasteiger partial charge is 0.342 e. The number of carbonyl (C=O) groups excluding carboxylic acids is 1. The van der Waals surface area contributed by atoms with Crippen molar-refractivity contribution in [3.8, 4) is 5.75 Å². The van der Waals surface area contributed by atoms with Gasteiger partial charge in [0.2, 0.25) is 6.17 Å². The van der Waals surface area contributed by atoms with Crippen molar-refractivity contribution >= 4 is 34.3 Å². The summed E-state index contributed by atoms with van der Waals surface area (Å²) in [5, 5.41) is 0. The van der Waals surface area contributed by atoms with Crippen molar-refractivity contribution in [3.05, 3.63) is 28.2 Å². The Hall–Kier alpha value is -0.850. The number of alkyl halides is 1. The Bertz CT molecular complexity index is 433. The standard InChI is InChI=1S/C12H15BrFNO3.ClH/c1-3-18-12(16)10(14)11(15)8-6-7(13)4-5-9(8)17-2;/h4-6,10-11H,3,15H2,1-2H3;1H/t10?,11-;/m1./s1. The van der Waals surface area contributed by atoms with Gasteiger partial charge in [0.25, 0.3) is 0 Å². The van der Waals surface area contributed by atoms with Gasteiger partial charge in [0.05, 0.1) is 19.8 Å². The van der Waals surface area contributed by atoms with Crippen molar-refractivity contribution < 1.29 is 18.7 Å². The second-order valence-electron chi connectivity index (χ2n) is 3.57. The highest BCUT2D eigenvalue weighted by Gasteiger charge is 2.29. The zero-order chi connectivity index (χ0) is 13.7. The highest BCUT2D eigenvalue weighted by molar-refractivity contribution is 9.10. The molecule has 0 saturated carbocycles. The molecule has 0 aliphatic carbocycles. The molecule has 0 bridgehead atoms. The fraction of sp³-hybridized carbons (Fsp3) is 0.417. The van der Waals surface area contributed by atoms with Crippen LogP contribution in [0.15, 0.2) is 22.7 Å². The summed E-state index contributed by atoms with van der Waals surface area (Å²) in [6, 6.07) is 3.88. The Morgan fingerprint density at radius 1 is 1.53 bits per heavy atom. The number of esters is 1. The summed E-state index contributed by atoms with van der Waals surface area (Å²) in [7, 11) is 1.46. The average Bonchev–Trinajstić information content (AvgIpc) is 2.37. The quantitative estimate of drug-likeness (QED) is 0.824. The van der Waals surface area contributed by atoms with Crippen molar-refractivity contribution in [2.24, 2.45) is 5.73 Å². The van der Waals surface area contributed by atoms with Gasteiger partial charge in [-0.05, 0) is 25.1 Å². The molecule has 0 spiro atoms. The van der Waals surface area contributed by atoms with Crippen LogP contribution in [0.25, 0.3) is 0 Å². The molecule has 19 heavy (non-hydrogen) atoms. The van der Waals surface area contributed by atoms with Gasteiger partial charge in [-0.3, -0.25) is 0 Å². The number of hydrogen-bond acceptors (Lipinski definition) is 4. The van der Waals surface area contributed by atoms with Gasteiger partial charge in [-0.25, -0.2) is 9.18 Å². The van der Waals surface area contributed by atoms with E-state index in [1.807, 2.05) is 0 Å². The molecule has 2 atom stereocenters. The molecule has 0 amide bonds. The number of benzene rings is 1. The topological polar surface area (TPSA) is 61.5 Å². The minimum atomic E-state index is -1.92. The summed E-state index contributed by atoms with van der Waals surface area (Å²) >= 11 is 3.26. The van der Waals surface area contributed by atoms with Gasteiger partial charge < -0.3 is 15.2 Å². The van der Waals surface area contributed by atoms with Crippen LogP contribution in [0.1, 0.15) is 18.5 Å². The molecule has 0 saturated heterocycles. The zero-order valence-corrected chi connectivity index (χ0v) is 13.0. The lowest BCUT2D eigenvalue weighted by molar-refractivity contribution is -0.149. The maximum atomic E-state index is 13.8. The van der Waals surface area contributed by atoms with E-state index in [4.69, 9.17) is 10.5 Å². The molecule has 4 nitrogen and oxygen atoms in total. The van der Waals surface area contributed by atoms with Crippen LogP contribution < -0.4 is 10.5 Å². The Balaban J connectivity index is 0.00000324. The summed E-state index contributed by atoms with van der Waals surface area (Å²) in [6.45, 7) is 1.72. The Morgan fingerprint density at radius 2 is 2.16 bits per heavy atom. The Kier molecular flexibility index (Phi) is 7.97. The number of nitrogens with two attached hydrogens (primary N) is 1. The molecule has 7 heteroatoms. The van der Waals surface area contributed by atoms with Gasteiger partial charge in [0, 0.05) is 10.0 Å². The van der Waals surface area contributed by atoms with Crippen LogP contribution in [-0.4, -0.2) is 25.9 Å². The maximum absolute atomic E-state index is 13.8.